The highest BCUT2D eigenvalue weighted by Crippen LogP contribution is 2.41. The quantitative estimate of drug-likeness (QED) is 0.485. The Bertz CT molecular complexity index is 1250. The molecule has 0 bridgehead atoms. The Balaban J connectivity index is 1.94. The number of pyridine rings is 2. The lowest BCUT2D eigenvalue weighted by atomic mass is 10.1. The van der Waals surface area contributed by atoms with E-state index in [0.717, 1.165) is 16.7 Å². The van der Waals surface area contributed by atoms with Crippen molar-refractivity contribution in [1.29, 1.82) is 0 Å². The van der Waals surface area contributed by atoms with Crippen LogP contribution < -0.4 is 10.1 Å². The van der Waals surface area contributed by atoms with Crippen LogP contribution in [-0.2, 0) is 11.0 Å². The first-order valence-corrected chi connectivity index (χ1v) is 9.47. The lowest BCUT2D eigenvalue weighted by molar-refractivity contribution is -0.140. The van der Waals surface area contributed by atoms with Gasteiger partial charge in [0.25, 0.3) is 0 Å². The Morgan fingerprint density at radius 1 is 1.27 bits per heavy atom. The molecule has 0 aromatic carbocycles. The minimum absolute atomic E-state index is 0.166. The van der Waals surface area contributed by atoms with E-state index in [1.54, 1.807) is 18.2 Å². The van der Waals surface area contributed by atoms with E-state index >= 15 is 0 Å². The highest BCUT2D eigenvalue weighted by atomic mass is 32.1. The summed E-state index contributed by atoms with van der Waals surface area (Å²) in [6.45, 7) is 1.35. The average molecular weight is 433 g/mol. The van der Waals surface area contributed by atoms with Crippen molar-refractivity contribution in [2.24, 2.45) is 0 Å². The van der Waals surface area contributed by atoms with Gasteiger partial charge in [-0.15, -0.1) is 11.3 Å². The standard InChI is InChI=1S/C19H14F3N5O2S/c1-9(28)25-14-5-10(3-4-23-14)16-15(18-27-13(8-30-18)19(20,21)22)17-12(26-16)6-11(29-2)7-24-17/h3-8,26H,1-2H3,(H,23,25,28). The number of carbonyl (C=O) groups excluding carboxylic acids is 1. The van der Waals surface area contributed by atoms with E-state index in [2.05, 4.69) is 25.3 Å². The summed E-state index contributed by atoms with van der Waals surface area (Å²) in [6, 6.07) is 4.99. The number of H-pyrrole nitrogens is 1. The van der Waals surface area contributed by atoms with Crippen LogP contribution in [0.15, 0.2) is 36.0 Å². The molecule has 0 unspecified atom stereocenters. The van der Waals surface area contributed by atoms with Crippen LogP contribution in [0.4, 0.5) is 19.0 Å². The third kappa shape index (κ3) is 3.71. The number of nitrogens with one attached hydrogen (secondary N) is 2. The van der Waals surface area contributed by atoms with Crippen LogP contribution in [0.1, 0.15) is 12.6 Å². The zero-order chi connectivity index (χ0) is 21.5. The molecule has 0 aliphatic carbocycles. The summed E-state index contributed by atoms with van der Waals surface area (Å²) in [6.07, 6.45) is -1.57. The smallest absolute Gasteiger partial charge is 0.434 e. The van der Waals surface area contributed by atoms with E-state index in [9.17, 15) is 18.0 Å². The lowest BCUT2D eigenvalue weighted by Crippen LogP contribution is -2.07. The number of halogens is 3. The predicted molar refractivity (Wildman–Crippen MR) is 106 cm³/mol. The summed E-state index contributed by atoms with van der Waals surface area (Å²) >= 11 is 0.875. The molecule has 11 heteroatoms. The number of fused-ring (bicyclic) bond motifs is 1. The van der Waals surface area contributed by atoms with Crippen LogP contribution in [0.3, 0.4) is 0 Å². The molecule has 30 heavy (non-hydrogen) atoms. The molecule has 0 radical (unpaired) electrons. The molecular formula is C19H14F3N5O2S. The number of amides is 1. The van der Waals surface area contributed by atoms with Crippen molar-refractivity contribution < 1.29 is 22.7 Å². The molecule has 0 aliphatic heterocycles. The predicted octanol–water partition coefficient (Wildman–Crippen LogP) is 4.73. The minimum atomic E-state index is -4.55. The number of ether oxygens (including phenoxy) is 1. The molecule has 2 N–H and O–H groups in total. The summed E-state index contributed by atoms with van der Waals surface area (Å²) in [5.41, 5.74) is 1.58. The van der Waals surface area contributed by atoms with Crippen molar-refractivity contribution in [3.8, 4) is 27.6 Å². The van der Waals surface area contributed by atoms with Crippen LogP contribution >= 0.6 is 11.3 Å². The monoisotopic (exact) mass is 433 g/mol. The van der Waals surface area contributed by atoms with Gasteiger partial charge in [0.05, 0.1) is 35.6 Å². The Morgan fingerprint density at radius 3 is 2.73 bits per heavy atom. The number of aromatic nitrogens is 4. The fraction of sp³-hybridized carbons (Fsp3) is 0.158. The van der Waals surface area contributed by atoms with E-state index in [1.807, 2.05) is 0 Å². The van der Waals surface area contributed by atoms with E-state index in [-0.39, 0.29) is 10.9 Å². The first kappa shape index (κ1) is 19.8. The third-order valence-corrected chi connectivity index (χ3v) is 5.07. The van der Waals surface area contributed by atoms with Crippen molar-refractivity contribution in [2.75, 3.05) is 12.4 Å². The number of thiazole rings is 1. The fourth-order valence-electron chi connectivity index (χ4n) is 2.95. The van der Waals surface area contributed by atoms with Crippen molar-refractivity contribution in [2.45, 2.75) is 13.1 Å². The van der Waals surface area contributed by atoms with Gasteiger partial charge in [-0.1, -0.05) is 0 Å². The molecule has 4 aromatic rings. The SMILES string of the molecule is COc1cnc2c(-c3nc(C(F)(F)F)cs3)c(-c3ccnc(NC(C)=O)c3)[nH]c2c1. The van der Waals surface area contributed by atoms with Crippen molar-refractivity contribution in [3.63, 3.8) is 0 Å². The van der Waals surface area contributed by atoms with Gasteiger partial charge in [-0.05, 0) is 12.1 Å². The second-order valence-corrected chi connectivity index (χ2v) is 7.15. The normalized spacial score (nSPS) is 11.6. The lowest BCUT2D eigenvalue weighted by Gasteiger charge is -2.06. The van der Waals surface area contributed by atoms with Gasteiger partial charge < -0.3 is 15.0 Å². The number of anilines is 1. The number of methoxy groups -OCH3 is 1. The van der Waals surface area contributed by atoms with Crippen molar-refractivity contribution in [1.82, 2.24) is 19.9 Å². The number of hydrogen-bond acceptors (Lipinski definition) is 6. The molecule has 0 saturated heterocycles. The number of carbonyl (C=O) groups is 1. The molecule has 154 valence electrons. The van der Waals surface area contributed by atoms with E-state index in [1.165, 1.54) is 26.4 Å². The molecule has 0 spiro atoms. The highest BCUT2D eigenvalue weighted by molar-refractivity contribution is 7.13. The maximum atomic E-state index is 13.1. The zero-order valence-electron chi connectivity index (χ0n) is 15.7. The molecule has 7 nitrogen and oxygen atoms in total. The summed E-state index contributed by atoms with van der Waals surface area (Å²) in [4.78, 5) is 26.8. The molecular weight excluding hydrogens is 419 g/mol. The molecule has 0 saturated carbocycles. The number of aromatic amines is 1. The third-order valence-electron chi connectivity index (χ3n) is 4.21. The van der Waals surface area contributed by atoms with E-state index in [0.29, 0.717) is 39.4 Å². The van der Waals surface area contributed by atoms with Crippen LogP contribution in [0, 0.1) is 0 Å². The van der Waals surface area contributed by atoms with Crippen molar-refractivity contribution >= 4 is 34.1 Å². The molecule has 1 amide bonds. The van der Waals surface area contributed by atoms with Gasteiger partial charge in [0.1, 0.15) is 16.6 Å². The molecule has 4 heterocycles. The summed E-state index contributed by atoms with van der Waals surface area (Å²) in [5.74, 6) is 0.508. The van der Waals surface area contributed by atoms with Gasteiger partial charge >= 0.3 is 6.18 Å². The second kappa shape index (κ2) is 7.41. The summed E-state index contributed by atoms with van der Waals surface area (Å²) in [5, 5.41) is 3.72. The van der Waals surface area contributed by atoms with Gasteiger partial charge in [-0.25, -0.2) is 15.0 Å². The van der Waals surface area contributed by atoms with Crippen molar-refractivity contribution in [3.05, 3.63) is 41.7 Å². The van der Waals surface area contributed by atoms with Gasteiger partial charge in [0.2, 0.25) is 5.91 Å². The number of nitrogens with zero attached hydrogens (tertiary/aromatic N) is 3. The molecule has 0 aliphatic rings. The fourth-order valence-corrected chi connectivity index (χ4v) is 3.82. The zero-order valence-corrected chi connectivity index (χ0v) is 16.5. The largest absolute Gasteiger partial charge is 0.495 e. The Morgan fingerprint density at radius 2 is 2.07 bits per heavy atom. The highest BCUT2D eigenvalue weighted by Gasteiger charge is 2.34. The average Bonchev–Trinajstić information content (AvgIpc) is 3.31. The van der Waals surface area contributed by atoms with Crippen LogP contribution in [0.5, 0.6) is 5.75 Å². The first-order chi connectivity index (χ1) is 14.3. The summed E-state index contributed by atoms with van der Waals surface area (Å²) in [7, 11) is 1.49. The molecule has 4 rings (SSSR count). The molecule has 0 atom stereocenters. The van der Waals surface area contributed by atoms with E-state index < -0.39 is 11.9 Å². The van der Waals surface area contributed by atoms with Gasteiger partial charge in [-0.2, -0.15) is 13.2 Å². The minimum Gasteiger partial charge on any atom is -0.495 e. The Labute approximate surface area is 172 Å². The molecule has 4 aromatic heterocycles. The van der Waals surface area contributed by atoms with Crippen LogP contribution in [-0.4, -0.2) is 33.0 Å². The second-order valence-electron chi connectivity index (χ2n) is 6.29. The maximum absolute atomic E-state index is 13.1. The maximum Gasteiger partial charge on any atom is 0.434 e. The van der Waals surface area contributed by atoms with Gasteiger partial charge in [0, 0.05) is 30.1 Å². The van der Waals surface area contributed by atoms with E-state index in [4.69, 9.17) is 4.74 Å². The Hall–Kier alpha value is -3.47. The van der Waals surface area contributed by atoms with Gasteiger partial charge in [0.15, 0.2) is 5.69 Å². The van der Waals surface area contributed by atoms with Gasteiger partial charge in [-0.3, -0.25) is 4.79 Å². The Kier molecular flexibility index (Phi) is 4.90. The topological polar surface area (TPSA) is 92.8 Å². The number of rotatable bonds is 4. The first-order valence-electron chi connectivity index (χ1n) is 8.59. The summed E-state index contributed by atoms with van der Waals surface area (Å²) < 4.78 is 44.5. The van der Waals surface area contributed by atoms with Crippen LogP contribution in [0.2, 0.25) is 0 Å². The molecule has 0 fully saturated rings. The number of hydrogen-bond donors (Lipinski definition) is 2. The number of alkyl halides is 3. The van der Waals surface area contributed by atoms with Crippen LogP contribution in [0.25, 0.3) is 32.9 Å².